The minimum atomic E-state index is -0.997. The standard InChI is InChI=1S/C9H10N4O2S/c1-13(2)9-10-4-6(16-9)7-5(8(14)15)3-11-12-7/h3-4H,1-2H3,(H,11,12)(H,14,15). The first-order chi connectivity index (χ1) is 7.59. The van der Waals surface area contributed by atoms with E-state index in [2.05, 4.69) is 15.2 Å². The molecule has 2 aromatic rings. The van der Waals surface area contributed by atoms with Crippen molar-refractivity contribution in [3.05, 3.63) is 18.0 Å². The molecule has 0 fully saturated rings. The van der Waals surface area contributed by atoms with Crippen LogP contribution in [0.2, 0.25) is 0 Å². The molecule has 0 aliphatic rings. The number of carboxylic acids is 1. The summed E-state index contributed by atoms with van der Waals surface area (Å²) in [7, 11) is 3.77. The molecule has 0 aliphatic heterocycles. The highest BCUT2D eigenvalue weighted by molar-refractivity contribution is 7.18. The number of nitrogens with one attached hydrogen (secondary N) is 1. The molecule has 2 aromatic heterocycles. The molecular formula is C9H10N4O2S. The van der Waals surface area contributed by atoms with Crippen molar-refractivity contribution >= 4 is 22.4 Å². The number of hydrogen-bond donors (Lipinski definition) is 2. The number of rotatable bonds is 3. The second-order valence-electron chi connectivity index (χ2n) is 3.37. The zero-order valence-corrected chi connectivity index (χ0v) is 9.58. The van der Waals surface area contributed by atoms with Gasteiger partial charge in [0.2, 0.25) is 0 Å². The van der Waals surface area contributed by atoms with Gasteiger partial charge in [-0.2, -0.15) is 5.10 Å². The third kappa shape index (κ3) is 1.76. The number of aromatic amines is 1. The van der Waals surface area contributed by atoms with Gasteiger partial charge in [-0.25, -0.2) is 9.78 Å². The van der Waals surface area contributed by atoms with E-state index < -0.39 is 5.97 Å². The van der Waals surface area contributed by atoms with E-state index in [4.69, 9.17) is 5.11 Å². The number of nitrogens with zero attached hydrogens (tertiary/aromatic N) is 3. The zero-order chi connectivity index (χ0) is 11.7. The summed E-state index contributed by atoms with van der Waals surface area (Å²) >= 11 is 1.41. The minimum absolute atomic E-state index is 0.161. The first-order valence-corrected chi connectivity index (χ1v) is 5.31. The van der Waals surface area contributed by atoms with Crippen molar-refractivity contribution in [2.24, 2.45) is 0 Å². The van der Waals surface area contributed by atoms with Crippen LogP contribution in [0.25, 0.3) is 10.6 Å². The molecule has 0 radical (unpaired) electrons. The molecule has 2 rings (SSSR count). The Labute approximate surface area is 95.6 Å². The summed E-state index contributed by atoms with van der Waals surface area (Å²) in [6.07, 6.45) is 2.94. The van der Waals surface area contributed by atoms with Crippen LogP contribution in [0.15, 0.2) is 12.4 Å². The largest absolute Gasteiger partial charge is 0.478 e. The molecular weight excluding hydrogens is 228 g/mol. The summed E-state index contributed by atoms with van der Waals surface area (Å²) in [5.41, 5.74) is 0.659. The van der Waals surface area contributed by atoms with Crippen LogP contribution in [0.5, 0.6) is 0 Å². The lowest BCUT2D eigenvalue weighted by Crippen LogP contribution is -2.07. The fourth-order valence-electron chi connectivity index (χ4n) is 1.22. The summed E-state index contributed by atoms with van der Waals surface area (Å²) in [4.78, 5) is 17.7. The van der Waals surface area contributed by atoms with Gasteiger partial charge in [-0.05, 0) is 0 Å². The monoisotopic (exact) mass is 238 g/mol. The second-order valence-corrected chi connectivity index (χ2v) is 4.37. The highest BCUT2D eigenvalue weighted by atomic mass is 32.1. The number of carboxylic acid groups (broad SMARTS) is 1. The van der Waals surface area contributed by atoms with Crippen molar-refractivity contribution in [3.63, 3.8) is 0 Å². The van der Waals surface area contributed by atoms with E-state index in [0.717, 1.165) is 10.0 Å². The van der Waals surface area contributed by atoms with Crippen LogP contribution < -0.4 is 4.90 Å². The average molecular weight is 238 g/mol. The lowest BCUT2D eigenvalue weighted by molar-refractivity contribution is 0.0698. The van der Waals surface area contributed by atoms with E-state index in [0.29, 0.717) is 5.69 Å². The molecule has 0 atom stereocenters. The Morgan fingerprint density at radius 3 is 2.81 bits per heavy atom. The third-order valence-electron chi connectivity index (χ3n) is 1.99. The maximum Gasteiger partial charge on any atom is 0.339 e. The predicted molar refractivity (Wildman–Crippen MR) is 61.0 cm³/mol. The lowest BCUT2D eigenvalue weighted by Gasteiger charge is -2.05. The van der Waals surface area contributed by atoms with E-state index in [1.807, 2.05) is 19.0 Å². The SMILES string of the molecule is CN(C)c1ncc(-c2[nH]ncc2C(=O)O)s1. The molecule has 2 heterocycles. The molecule has 6 nitrogen and oxygen atoms in total. The van der Waals surface area contributed by atoms with Gasteiger partial charge in [-0.3, -0.25) is 5.10 Å². The normalized spacial score (nSPS) is 10.4. The Morgan fingerprint density at radius 1 is 1.50 bits per heavy atom. The van der Waals surface area contributed by atoms with E-state index >= 15 is 0 Å². The summed E-state index contributed by atoms with van der Waals surface area (Å²) in [6, 6.07) is 0. The van der Waals surface area contributed by atoms with Crippen LogP contribution >= 0.6 is 11.3 Å². The molecule has 0 aliphatic carbocycles. The summed E-state index contributed by atoms with van der Waals surface area (Å²) in [6.45, 7) is 0. The molecule has 0 spiro atoms. The highest BCUT2D eigenvalue weighted by Gasteiger charge is 2.16. The van der Waals surface area contributed by atoms with Crippen molar-refractivity contribution in [1.82, 2.24) is 15.2 Å². The smallest absolute Gasteiger partial charge is 0.339 e. The second kappa shape index (κ2) is 3.93. The Hall–Kier alpha value is -1.89. The van der Waals surface area contributed by atoms with E-state index in [1.54, 1.807) is 6.20 Å². The highest BCUT2D eigenvalue weighted by Crippen LogP contribution is 2.30. The van der Waals surface area contributed by atoms with Gasteiger partial charge in [0.25, 0.3) is 0 Å². The van der Waals surface area contributed by atoms with Crippen molar-refractivity contribution < 1.29 is 9.90 Å². The van der Waals surface area contributed by atoms with Crippen LogP contribution in [0.1, 0.15) is 10.4 Å². The van der Waals surface area contributed by atoms with E-state index in [1.165, 1.54) is 17.5 Å². The van der Waals surface area contributed by atoms with Crippen molar-refractivity contribution in [2.45, 2.75) is 0 Å². The van der Waals surface area contributed by atoms with Crippen LogP contribution in [-0.2, 0) is 0 Å². The molecule has 7 heteroatoms. The van der Waals surface area contributed by atoms with Crippen LogP contribution in [0.4, 0.5) is 5.13 Å². The first-order valence-electron chi connectivity index (χ1n) is 4.49. The van der Waals surface area contributed by atoms with Gasteiger partial charge in [0, 0.05) is 20.3 Å². The van der Waals surface area contributed by atoms with Crippen LogP contribution in [-0.4, -0.2) is 40.4 Å². The number of hydrogen-bond acceptors (Lipinski definition) is 5. The number of anilines is 1. The van der Waals surface area contributed by atoms with E-state index in [-0.39, 0.29) is 5.56 Å². The molecule has 84 valence electrons. The fraction of sp³-hybridized carbons (Fsp3) is 0.222. The van der Waals surface area contributed by atoms with Gasteiger partial charge in [0.1, 0.15) is 5.56 Å². The van der Waals surface area contributed by atoms with Gasteiger partial charge in [0.15, 0.2) is 5.13 Å². The molecule has 0 aromatic carbocycles. The Balaban J connectivity index is 2.42. The molecule has 2 N–H and O–H groups in total. The Morgan fingerprint density at radius 2 is 2.25 bits per heavy atom. The molecule has 0 saturated carbocycles. The topological polar surface area (TPSA) is 82.1 Å². The first kappa shape index (κ1) is 10.6. The average Bonchev–Trinajstić information content (AvgIpc) is 2.86. The van der Waals surface area contributed by atoms with Crippen molar-refractivity contribution in [3.8, 4) is 10.6 Å². The van der Waals surface area contributed by atoms with Gasteiger partial charge < -0.3 is 10.0 Å². The number of aromatic nitrogens is 3. The zero-order valence-electron chi connectivity index (χ0n) is 8.76. The van der Waals surface area contributed by atoms with E-state index in [9.17, 15) is 4.79 Å². The maximum absolute atomic E-state index is 10.9. The number of carbonyl (C=O) groups is 1. The third-order valence-corrected chi connectivity index (χ3v) is 3.17. The lowest BCUT2D eigenvalue weighted by atomic mass is 10.2. The number of thiazole rings is 1. The molecule has 16 heavy (non-hydrogen) atoms. The number of H-pyrrole nitrogens is 1. The number of aromatic carboxylic acids is 1. The van der Waals surface area contributed by atoms with Gasteiger partial charge in [-0.1, -0.05) is 11.3 Å². The molecule has 0 bridgehead atoms. The molecule has 0 amide bonds. The van der Waals surface area contributed by atoms with Gasteiger partial charge in [-0.15, -0.1) is 0 Å². The Bertz CT molecular complexity index is 517. The quantitative estimate of drug-likeness (QED) is 0.842. The van der Waals surface area contributed by atoms with Crippen molar-refractivity contribution in [2.75, 3.05) is 19.0 Å². The fourth-order valence-corrected chi connectivity index (χ4v) is 2.07. The molecule has 0 saturated heterocycles. The summed E-state index contributed by atoms with van der Waals surface area (Å²) in [5, 5.41) is 16.2. The van der Waals surface area contributed by atoms with Gasteiger partial charge >= 0.3 is 5.97 Å². The minimum Gasteiger partial charge on any atom is -0.478 e. The van der Waals surface area contributed by atoms with Crippen LogP contribution in [0, 0.1) is 0 Å². The predicted octanol–water partition coefficient (Wildman–Crippen LogP) is 1.30. The van der Waals surface area contributed by atoms with Crippen LogP contribution in [0.3, 0.4) is 0 Å². The summed E-state index contributed by atoms with van der Waals surface area (Å²) < 4.78 is 0. The van der Waals surface area contributed by atoms with Crippen molar-refractivity contribution in [1.29, 1.82) is 0 Å². The maximum atomic E-state index is 10.9. The summed E-state index contributed by atoms with van der Waals surface area (Å²) in [5.74, 6) is -0.997. The van der Waals surface area contributed by atoms with Gasteiger partial charge in [0.05, 0.1) is 16.8 Å². The Kier molecular flexibility index (Phi) is 2.61. The molecule has 0 unspecified atom stereocenters.